The number of aliphatic hydroxyl groups is 1. The summed E-state index contributed by atoms with van der Waals surface area (Å²) in [6, 6.07) is 6.71. The van der Waals surface area contributed by atoms with Gasteiger partial charge in [0.25, 0.3) is 0 Å². The van der Waals surface area contributed by atoms with Crippen LogP contribution in [0.5, 0.6) is 5.75 Å². The maximum absolute atomic E-state index is 11.0. The molecular formula is C14H16NO5P. The largest absolute Gasteiger partial charge is 0.508 e. The number of rotatable bonds is 4. The highest BCUT2D eigenvalue weighted by molar-refractivity contribution is 7.50. The first-order valence-electron chi connectivity index (χ1n) is 6.36. The van der Waals surface area contributed by atoms with Crippen molar-refractivity contribution in [1.82, 2.24) is 0 Å². The van der Waals surface area contributed by atoms with E-state index in [1.165, 1.54) is 18.2 Å². The van der Waals surface area contributed by atoms with Gasteiger partial charge in [-0.2, -0.15) is 4.76 Å². The number of aromatic hydroxyl groups is 1. The van der Waals surface area contributed by atoms with Gasteiger partial charge < -0.3 is 20.0 Å². The van der Waals surface area contributed by atoms with Crippen molar-refractivity contribution >= 4 is 13.5 Å². The Morgan fingerprint density at radius 1 is 1.10 bits per heavy atom. The number of nitrogens with zero attached hydrogens (tertiary/aromatic N) is 1. The van der Waals surface area contributed by atoms with Crippen molar-refractivity contribution in [3.8, 4) is 5.75 Å². The van der Waals surface area contributed by atoms with Crippen LogP contribution < -0.4 is 0 Å². The van der Waals surface area contributed by atoms with Crippen molar-refractivity contribution in [2.45, 2.75) is 12.8 Å². The molecule has 0 fully saturated rings. The fourth-order valence-corrected chi connectivity index (χ4v) is 2.63. The van der Waals surface area contributed by atoms with Gasteiger partial charge in [-0.25, -0.2) is 4.57 Å². The molecule has 0 heterocycles. The Kier molecular flexibility index (Phi) is 4.63. The second kappa shape index (κ2) is 6.26. The van der Waals surface area contributed by atoms with E-state index in [2.05, 4.69) is 4.76 Å². The Balaban J connectivity index is 2.12. The van der Waals surface area contributed by atoms with E-state index in [4.69, 9.17) is 9.79 Å². The van der Waals surface area contributed by atoms with Gasteiger partial charge in [-0.05, 0) is 48.8 Å². The molecule has 2 rings (SSSR count). The van der Waals surface area contributed by atoms with Gasteiger partial charge in [0.2, 0.25) is 0 Å². The summed E-state index contributed by atoms with van der Waals surface area (Å²) >= 11 is 0. The Labute approximate surface area is 122 Å². The molecule has 1 unspecified atom stereocenters. The number of hydrogen-bond donors (Lipinski definition) is 4. The average molecular weight is 309 g/mol. The molecule has 1 aliphatic carbocycles. The molecule has 7 heteroatoms. The molecule has 1 aromatic rings. The lowest BCUT2D eigenvalue weighted by Gasteiger charge is -2.17. The fraction of sp³-hybridized carbons (Fsp3) is 0.214. The maximum atomic E-state index is 11.0. The zero-order valence-corrected chi connectivity index (χ0v) is 12.0. The van der Waals surface area contributed by atoms with Crippen molar-refractivity contribution in [2.75, 3.05) is 0 Å². The second-order valence-corrected chi connectivity index (χ2v) is 6.00. The summed E-state index contributed by atoms with van der Waals surface area (Å²) in [5.41, 5.74) is 1.23. The minimum absolute atomic E-state index is 0.0513. The van der Waals surface area contributed by atoms with Crippen LogP contribution in [0, 0.1) is 5.92 Å². The molecule has 0 radical (unpaired) electrons. The molecule has 4 N–H and O–H groups in total. The third-order valence-electron chi connectivity index (χ3n) is 3.10. The number of phenolic OH excluding ortho intramolecular Hbond substituents is 1. The predicted octanol–water partition coefficient (Wildman–Crippen LogP) is 2.49. The first kappa shape index (κ1) is 15.5. The lowest BCUT2D eigenvalue weighted by atomic mass is 9.91. The molecule has 0 aromatic heterocycles. The molecule has 1 aromatic carbocycles. The molecule has 21 heavy (non-hydrogen) atoms. The van der Waals surface area contributed by atoms with Gasteiger partial charge in [0.15, 0.2) is 0 Å². The first-order chi connectivity index (χ1) is 9.83. The Hall–Kier alpha value is -1.88. The smallest absolute Gasteiger partial charge is 0.448 e. The zero-order valence-electron chi connectivity index (χ0n) is 11.1. The van der Waals surface area contributed by atoms with E-state index in [9.17, 15) is 14.8 Å². The van der Waals surface area contributed by atoms with Gasteiger partial charge >= 0.3 is 7.75 Å². The number of phenols is 1. The fourth-order valence-electron chi connectivity index (χ4n) is 2.12. The van der Waals surface area contributed by atoms with Crippen LogP contribution in [0.1, 0.15) is 12.0 Å². The highest BCUT2D eigenvalue weighted by atomic mass is 31.2. The number of allylic oxidation sites excluding steroid dienone is 3. The van der Waals surface area contributed by atoms with Crippen LogP contribution >= 0.6 is 7.75 Å². The van der Waals surface area contributed by atoms with E-state index in [0.717, 1.165) is 5.56 Å². The number of aryl methyl sites for hydroxylation is 1. The molecular weight excluding hydrogens is 293 g/mol. The monoisotopic (exact) mass is 309 g/mol. The zero-order chi connectivity index (χ0) is 15.5. The second-order valence-electron chi connectivity index (χ2n) is 4.77. The van der Waals surface area contributed by atoms with Gasteiger partial charge in [0.1, 0.15) is 11.5 Å². The summed E-state index contributed by atoms with van der Waals surface area (Å²) in [5.74, 6) is -0.132. The maximum Gasteiger partial charge on any atom is 0.448 e. The minimum atomic E-state index is -4.50. The van der Waals surface area contributed by atoms with Crippen molar-refractivity contribution in [2.24, 2.45) is 10.7 Å². The Bertz CT molecular complexity index is 642. The summed E-state index contributed by atoms with van der Waals surface area (Å²) in [7, 11) is -4.50. The van der Waals surface area contributed by atoms with E-state index in [1.54, 1.807) is 24.3 Å². The highest BCUT2D eigenvalue weighted by Gasteiger charge is 2.20. The molecule has 0 aliphatic heterocycles. The third kappa shape index (κ3) is 4.86. The first-order valence-corrected chi connectivity index (χ1v) is 7.92. The SMILES string of the molecule is O=P(O)(O)N=C1C=CC(O)=CC1CCc1ccc(O)cc1. The summed E-state index contributed by atoms with van der Waals surface area (Å²) in [5, 5.41) is 18.7. The van der Waals surface area contributed by atoms with Crippen molar-refractivity contribution in [3.05, 3.63) is 53.8 Å². The molecule has 6 nitrogen and oxygen atoms in total. The van der Waals surface area contributed by atoms with Gasteiger partial charge in [-0.15, -0.1) is 0 Å². The van der Waals surface area contributed by atoms with E-state index in [-0.39, 0.29) is 23.1 Å². The third-order valence-corrected chi connectivity index (χ3v) is 3.59. The summed E-state index contributed by atoms with van der Waals surface area (Å²) in [4.78, 5) is 17.9. The van der Waals surface area contributed by atoms with E-state index in [0.29, 0.717) is 12.8 Å². The van der Waals surface area contributed by atoms with Gasteiger partial charge in [-0.3, -0.25) is 0 Å². The van der Waals surface area contributed by atoms with E-state index < -0.39 is 7.75 Å². The molecule has 0 saturated heterocycles. The number of hydrogen-bond acceptors (Lipinski definition) is 3. The normalized spacial score (nSPS) is 20.6. The van der Waals surface area contributed by atoms with E-state index >= 15 is 0 Å². The average Bonchev–Trinajstić information content (AvgIpc) is 2.39. The standard InChI is InChI=1S/C14H16NO5P/c16-12-5-2-10(3-6-12)1-4-11-9-13(17)7-8-14(11)15-21(18,19)20/h2-3,5-9,11,16-17H,1,4H2,(H2,18,19,20). The molecule has 1 atom stereocenters. The van der Waals surface area contributed by atoms with Crippen LogP contribution in [-0.2, 0) is 11.0 Å². The van der Waals surface area contributed by atoms with Crippen LogP contribution in [0.4, 0.5) is 0 Å². The van der Waals surface area contributed by atoms with Crippen LogP contribution in [0.15, 0.2) is 53.0 Å². The lowest BCUT2D eigenvalue weighted by molar-refractivity contribution is 0.374. The Morgan fingerprint density at radius 2 is 1.76 bits per heavy atom. The lowest BCUT2D eigenvalue weighted by Crippen LogP contribution is -2.15. The van der Waals surface area contributed by atoms with Gasteiger partial charge in [0, 0.05) is 5.92 Å². The van der Waals surface area contributed by atoms with Crippen molar-refractivity contribution in [1.29, 1.82) is 0 Å². The predicted molar refractivity (Wildman–Crippen MR) is 79.2 cm³/mol. The van der Waals surface area contributed by atoms with Crippen LogP contribution in [0.2, 0.25) is 0 Å². The molecule has 0 bridgehead atoms. The van der Waals surface area contributed by atoms with Crippen LogP contribution in [0.25, 0.3) is 0 Å². The molecule has 0 amide bonds. The number of aliphatic hydroxyl groups excluding tert-OH is 1. The summed E-state index contributed by atoms with van der Waals surface area (Å²) in [6.45, 7) is 0. The van der Waals surface area contributed by atoms with Gasteiger partial charge in [0.05, 0.1) is 5.71 Å². The number of benzene rings is 1. The molecule has 0 spiro atoms. The Morgan fingerprint density at radius 3 is 2.38 bits per heavy atom. The summed E-state index contributed by atoms with van der Waals surface area (Å²) < 4.78 is 14.4. The van der Waals surface area contributed by atoms with Crippen LogP contribution in [-0.4, -0.2) is 25.7 Å². The van der Waals surface area contributed by atoms with E-state index in [1.807, 2.05) is 0 Å². The quantitative estimate of drug-likeness (QED) is 0.639. The molecule has 112 valence electrons. The van der Waals surface area contributed by atoms with Crippen molar-refractivity contribution < 1.29 is 24.6 Å². The topological polar surface area (TPSA) is 110 Å². The van der Waals surface area contributed by atoms with Crippen LogP contribution in [0.3, 0.4) is 0 Å². The van der Waals surface area contributed by atoms with Gasteiger partial charge in [-0.1, -0.05) is 12.1 Å². The molecule has 1 aliphatic rings. The summed E-state index contributed by atoms with van der Waals surface area (Å²) in [6.07, 6.45) is 5.46. The molecule has 0 saturated carbocycles. The highest BCUT2D eigenvalue weighted by Crippen LogP contribution is 2.38. The van der Waals surface area contributed by atoms with Crippen molar-refractivity contribution in [3.63, 3.8) is 0 Å². The minimum Gasteiger partial charge on any atom is -0.508 e.